The Morgan fingerprint density at radius 3 is 1.58 bits per heavy atom. The molecule has 2 fully saturated rings. The Kier molecular flexibility index (Phi) is 2.62. The molecule has 0 N–H and O–H groups in total. The molecule has 0 heterocycles. The molecule has 3 aliphatic rings. The van der Waals surface area contributed by atoms with Gasteiger partial charge in [0.05, 0.1) is 0 Å². The van der Waals surface area contributed by atoms with Crippen LogP contribution in [0.15, 0.2) is 48.5 Å². The van der Waals surface area contributed by atoms with Crippen molar-refractivity contribution >= 4 is 12.6 Å². The fraction of sp³-hybridized carbons (Fsp3) is 0.364. The Balaban J connectivity index is 1.99. The highest BCUT2D eigenvalue weighted by Crippen LogP contribution is 2.75. The maximum Gasteiger partial charge on any atom is 0.127 e. The van der Waals surface area contributed by atoms with Crippen molar-refractivity contribution in [2.75, 3.05) is 0 Å². The summed E-state index contributed by atoms with van der Waals surface area (Å²) in [5, 5.41) is 0. The van der Waals surface area contributed by atoms with E-state index in [1.807, 2.05) is 0 Å². The highest BCUT2D eigenvalue weighted by Gasteiger charge is 2.72. The van der Waals surface area contributed by atoms with Crippen LogP contribution in [0.1, 0.15) is 43.2 Å². The molecule has 0 aromatic heterocycles. The van der Waals surface area contributed by atoms with E-state index in [-0.39, 0.29) is 0 Å². The predicted octanol–water partition coefficient (Wildman–Crippen LogP) is 4.30. The molecular weight excluding hydrogens is 296 g/mol. The number of benzene rings is 2. The molecule has 1 spiro atoms. The molecule has 2 aromatic carbocycles. The maximum absolute atomic E-state index is 12.5. The molecule has 2 saturated carbocycles. The Morgan fingerprint density at radius 1 is 0.667 bits per heavy atom. The standard InChI is InChI=1S/C22H20O2/c23-14-20-10-5-11-21(15-24,13-12-20)22(20)18-8-3-1-6-16(18)17-7-2-4-9-19(17)22/h1-4,6-9,14-15H,5,10-13H2. The van der Waals surface area contributed by atoms with Gasteiger partial charge in [-0.05, 0) is 47.9 Å². The summed E-state index contributed by atoms with van der Waals surface area (Å²) in [6.45, 7) is 0. The summed E-state index contributed by atoms with van der Waals surface area (Å²) < 4.78 is 0. The molecule has 120 valence electrons. The molecule has 0 amide bonds. The second-order valence-electron chi connectivity index (χ2n) is 7.74. The van der Waals surface area contributed by atoms with Gasteiger partial charge in [0, 0.05) is 16.2 Å². The van der Waals surface area contributed by atoms with Crippen molar-refractivity contribution in [3.63, 3.8) is 0 Å². The lowest BCUT2D eigenvalue weighted by atomic mass is 9.47. The van der Waals surface area contributed by atoms with Crippen molar-refractivity contribution in [1.82, 2.24) is 0 Å². The number of hydrogen-bond donors (Lipinski definition) is 0. The van der Waals surface area contributed by atoms with Gasteiger partial charge in [0.15, 0.2) is 0 Å². The maximum atomic E-state index is 12.5. The zero-order valence-electron chi connectivity index (χ0n) is 13.6. The van der Waals surface area contributed by atoms with Crippen molar-refractivity contribution in [2.45, 2.75) is 37.5 Å². The van der Waals surface area contributed by atoms with Crippen LogP contribution < -0.4 is 0 Å². The molecule has 0 radical (unpaired) electrons. The van der Waals surface area contributed by atoms with Gasteiger partial charge in [-0.3, -0.25) is 0 Å². The Labute approximate surface area is 141 Å². The van der Waals surface area contributed by atoms with E-state index in [1.54, 1.807) is 0 Å². The summed E-state index contributed by atoms with van der Waals surface area (Å²) in [6.07, 6.45) is 6.75. The zero-order chi connectivity index (χ0) is 16.4. The van der Waals surface area contributed by atoms with Crippen molar-refractivity contribution in [3.8, 4) is 11.1 Å². The van der Waals surface area contributed by atoms with Gasteiger partial charge in [-0.1, -0.05) is 55.0 Å². The van der Waals surface area contributed by atoms with Crippen LogP contribution in [0.25, 0.3) is 11.1 Å². The van der Waals surface area contributed by atoms with Crippen molar-refractivity contribution < 1.29 is 9.59 Å². The molecule has 0 aliphatic heterocycles. The van der Waals surface area contributed by atoms with Gasteiger partial charge in [0.2, 0.25) is 0 Å². The first-order valence-corrected chi connectivity index (χ1v) is 8.87. The van der Waals surface area contributed by atoms with E-state index < -0.39 is 16.2 Å². The summed E-state index contributed by atoms with van der Waals surface area (Å²) in [5.74, 6) is 0. The number of carbonyl (C=O) groups is 2. The number of hydrogen-bond acceptors (Lipinski definition) is 2. The normalized spacial score (nSPS) is 31.5. The number of fused-ring (bicyclic) bond motifs is 3. The van der Waals surface area contributed by atoms with Crippen LogP contribution in [0.3, 0.4) is 0 Å². The van der Waals surface area contributed by atoms with Crippen molar-refractivity contribution in [1.29, 1.82) is 0 Å². The van der Waals surface area contributed by atoms with Gasteiger partial charge in [0.25, 0.3) is 0 Å². The molecule has 2 heteroatoms. The average molecular weight is 316 g/mol. The third-order valence-corrected chi connectivity index (χ3v) is 7.16. The number of carbonyl (C=O) groups excluding carboxylic acids is 2. The first-order valence-electron chi connectivity index (χ1n) is 8.87. The minimum absolute atomic E-state index is 0.450. The van der Waals surface area contributed by atoms with Crippen LogP contribution >= 0.6 is 0 Å². The highest BCUT2D eigenvalue weighted by atomic mass is 16.1. The first-order chi connectivity index (χ1) is 11.7. The largest absolute Gasteiger partial charge is 0.303 e. The zero-order valence-corrected chi connectivity index (χ0v) is 13.6. The molecule has 2 bridgehead atoms. The summed E-state index contributed by atoms with van der Waals surface area (Å²) in [7, 11) is 0. The Bertz CT molecular complexity index is 796. The topological polar surface area (TPSA) is 34.1 Å². The lowest BCUT2D eigenvalue weighted by Crippen LogP contribution is -2.55. The van der Waals surface area contributed by atoms with Crippen molar-refractivity contribution in [2.24, 2.45) is 10.8 Å². The second-order valence-corrected chi connectivity index (χ2v) is 7.74. The molecule has 2 aromatic rings. The lowest BCUT2D eigenvalue weighted by molar-refractivity contribution is -0.128. The van der Waals surface area contributed by atoms with Crippen LogP contribution in [-0.2, 0) is 15.0 Å². The van der Waals surface area contributed by atoms with E-state index in [0.29, 0.717) is 0 Å². The highest BCUT2D eigenvalue weighted by molar-refractivity contribution is 5.89. The Hall–Kier alpha value is -2.22. The van der Waals surface area contributed by atoms with E-state index >= 15 is 0 Å². The van der Waals surface area contributed by atoms with Crippen LogP contribution in [0.2, 0.25) is 0 Å². The SMILES string of the molecule is O=CC12CCCC(C=O)(CC1)C21c2ccccc2-c2ccccc21. The second kappa shape index (κ2) is 4.44. The van der Waals surface area contributed by atoms with Crippen LogP contribution in [0.5, 0.6) is 0 Å². The molecule has 0 saturated heterocycles. The molecule has 2 unspecified atom stereocenters. The number of rotatable bonds is 2. The van der Waals surface area contributed by atoms with Gasteiger partial charge in [0.1, 0.15) is 12.6 Å². The first kappa shape index (κ1) is 14.2. The summed E-state index contributed by atoms with van der Waals surface area (Å²) in [5.41, 5.74) is 3.42. The van der Waals surface area contributed by atoms with Crippen LogP contribution in [-0.4, -0.2) is 12.6 Å². The predicted molar refractivity (Wildman–Crippen MR) is 92.7 cm³/mol. The van der Waals surface area contributed by atoms with Crippen molar-refractivity contribution in [3.05, 3.63) is 59.7 Å². The summed E-state index contributed by atoms with van der Waals surface area (Å²) in [6, 6.07) is 16.8. The molecule has 2 nitrogen and oxygen atoms in total. The molecule has 24 heavy (non-hydrogen) atoms. The molecule has 2 atom stereocenters. The monoisotopic (exact) mass is 316 g/mol. The average Bonchev–Trinajstić information content (AvgIpc) is 3.01. The van der Waals surface area contributed by atoms with Crippen LogP contribution in [0, 0.1) is 10.8 Å². The van der Waals surface area contributed by atoms with Gasteiger partial charge in [-0.15, -0.1) is 0 Å². The fourth-order valence-corrected chi connectivity index (χ4v) is 6.38. The van der Waals surface area contributed by atoms with E-state index in [4.69, 9.17) is 0 Å². The van der Waals surface area contributed by atoms with Gasteiger partial charge in [-0.25, -0.2) is 0 Å². The third kappa shape index (κ3) is 1.25. The minimum Gasteiger partial charge on any atom is -0.303 e. The molecule has 3 aliphatic carbocycles. The molecular formula is C22H20O2. The lowest BCUT2D eigenvalue weighted by Gasteiger charge is -2.53. The quantitative estimate of drug-likeness (QED) is 0.774. The Morgan fingerprint density at radius 2 is 1.12 bits per heavy atom. The van der Waals surface area contributed by atoms with E-state index in [2.05, 4.69) is 48.5 Å². The number of aldehydes is 2. The van der Waals surface area contributed by atoms with Gasteiger partial charge >= 0.3 is 0 Å². The smallest absolute Gasteiger partial charge is 0.127 e. The summed E-state index contributed by atoms with van der Waals surface area (Å²) in [4.78, 5) is 24.9. The molecule has 5 rings (SSSR count). The van der Waals surface area contributed by atoms with Crippen LogP contribution in [0.4, 0.5) is 0 Å². The van der Waals surface area contributed by atoms with Gasteiger partial charge < -0.3 is 9.59 Å². The summed E-state index contributed by atoms with van der Waals surface area (Å²) >= 11 is 0. The third-order valence-electron chi connectivity index (χ3n) is 7.16. The fourth-order valence-electron chi connectivity index (χ4n) is 6.38. The van der Waals surface area contributed by atoms with E-state index in [0.717, 1.165) is 32.1 Å². The van der Waals surface area contributed by atoms with E-state index in [9.17, 15) is 9.59 Å². The minimum atomic E-state index is -0.477. The van der Waals surface area contributed by atoms with Gasteiger partial charge in [-0.2, -0.15) is 0 Å². The van der Waals surface area contributed by atoms with E-state index in [1.165, 1.54) is 34.8 Å².